The first-order chi connectivity index (χ1) is 17.1. The molecule has 1 N–H and O–H groups in total. The lowest BCUT2D eigenvalue weighted by Gasteiger charge is -2.31. The average molecular weight is 468 g/mol. The molecule has 0 amide bonds. The fourth-order valence-corrected chi connectivity index (χ4v) is 5.35. The van der Waals surface area contributed by atoms with Crippen LogP contribution in [0.3, 0.4) is 0 Å². The van der Waals surface area contributed by atoms with Crippen molar-refractivity contribution in [3.05, 3.63) is 107 Å². The van der Waals surface area contributed by atoms with Crippen LogP contribution in [0.1, 0.15) is 47.1 Å². The van der Waals surface area contributed by atoms with Crippen LogP contribution in [0.5, 0.6) is 0 Å². The average Bonchev–Trinajstić information content (AvgIpc) is 3.46. The van der Waals surface area contributed by atoms with E-state index in [1.165, 1.54) is 28.6 Å². The number of nitrogens with one attached hydrogen (secondary N) is 1. The summed E-state index contributed by atoms with van der Waals surface area (Å²) in [6.07, 6.45) is 6.01. The van der Waals surface area contributed by atoms with Crippen molar-refractivity contribution in [2.24, 2.45) is 0 Å². The highest BCUT2D eigenvalue weighted by Crippen LogP contribution is 2.45. The highest BCUT2D eigenvalue weighted by Gasteiger charge is 2.41. The lowest BCUT2D eigenvalue weighted by molar-refractivity contribution is -0.0142. The summed E-state index contributed by atoms with van der Waals surface area (Å²) in [4.78, 5) is 5.74. The second kappa shape index (κ2) is 10.0. The molecule has 1 aliphatic heterocycles. The monoisotopic (exact) mass is 467 g/mol. The number of aryl methyl sites for hydroxylation is 1. The quantitative estimate of drug-likeness (QED) is 0.314. The van der Waals surface area contributed by atoms with Crippen LogP contribution in [0.15, 0.2) is 72.9 Å². The van der Waals surface area contributed by atoms with Gasteiger partial charge in [0.2, 0.25) is 0 Å². The van der Waals surface area contributed by atoms with E-state index in [-0.39, 0.29) is 5.82 Å². The third kappa shape index (κ3) is 4.73. The molecule has 2 heterocycles. The number of aromatic amines is 1. The Kier molecular flexibility index (Phi) is 6.68. The van der Waals surface area contributed by atoms with Gasteiger partial charge in [-0.05, 0) is 98.4 Å². The number of hydrogen-bond acceptors (Lipinski definition) is 3. The van der Waals surface area contributed by atoms with Crippen molar-refractivity contribution in [2.75, 3.05) is 20.1 Å². The highest BCUT2D eigenvalue weighted by atomic mass is 19.1. The van der Waals surface area contributed by atoms with Gasteiger partial charge in [-0.1, -0.05) is 36.4 Å². The minimum Gasteiger partial charge on any atom is -0.361 e. The summed E-state index contributed by atoms with van der Waals surface area (Å²) in [5.74, 6) is -0.253. The number of nitriles is 1. The number of rotatable bonds is 9. The van der Waals surface area contributed by atoms with Gasteiger partial charge in [-0.25, -0.2) is 4.39 Å². The molecule has 0 spiro atoms. The van der Waals surface area contributed by atoms with Crippen molar-refractivity contribution in [3.8, 4) is 6.07 Å². The molecule has 0 fully saturated rings. The first-order valence-corrected chi connectivity index (χ1v) is 12.3. The van der Waals surface area contributed by atoms with Gasteiger partial charge in [0.15, 0.2) is 0 Å². The third-order valence-electron chi connectivity index (χ3n) is 7.18. The van der Waals surface area contributed by atoms with Crippen molar-refractivity contribution < 1.29 is 9.13 Å². The Labute approximate surface area is 206 Å². The predicted octanol–water partition coefficient (Wildman–Crippen LogP) is 6.30. The number of benzene rings is 3. The Morgan fingerprint density at radius 1 is 1.06 bits per heavy atom. The minimum atomic E-state index is -0.609. The molecule has 5 heteroatoms. The van der Waals surface area contributed by atoms with E-state index in [1.807, 2.05) is 30.3 Å². The Morgan fingerprint density at radius 2 is 1.86 bits per heavy atom. The Hall–Kier alpha value is -3.46. The predicted molar refractivity (Wildman–Crippen MR) is 136 cm³/mol. The molecule has 0 saturated carbocycles. The van der Waals surface area contributed by atoms with Gasteiger partial charge in [0.05, 0.1) is 18.2 Å². The zero-order valence-corrected chi connectivity index (χ0v) is 20.1. The van der Waals surface area contributed by atoms with E-state index in [0.717, 1.165) is 55.5 Å². The molecular weight excluding hydrogens is 437 g/mol. The van der Waals surface area contributed by atoms with Crippen LogP contribution >= 0.6 is 0 Å². The number of hydrogen-bond donors (Lipinski definition) is 1. The molecule has 0 radical (unpaired) electrons. The summed E-state index contributed by atoms with van der Waals surface area (Å²) >= 11 is 0. The maximum atomic E-state index is 13.7. The van der Waals surface area contributed by atoms with Gasteiger partial charge in [-0.2, -0.15) is 5.26 Å². The van der Waals surface area contributed by atoms with E-state index in [0.29, 0.717) is 12.2 Å². The third-order valence-corrected chi connectivity index (χ3v) is 7.18. The summed E-state index contributed by atoms with van der Waals surface area (Å²) in [5.41, 5.74) is 5.69. The molecule has 4 nitrogen and oxygen atoms in total. The Balaban J connectivity index is 1.23. The second-order valence-electron chi connectivity index (χ2n) is 9.48. The SMILES string of the molecule is CN(CCCc1c[nH]c2ccccc12)CCC[C@@]1(c2ccc(F)cc2)OCc2cc(C#N)ccc21. The van der Waals surface area contributed by atoms with Gasteiger partial charge in [-0.15, -0.1) is 0 Å². The molecule has 0 aliphatic carbocycles. The largest absolute Gasteiger partial charge is 0.361 e. The summed E-state index contributed by atoms with van der Waals surface area (Å²) in [6.45, 7) is 2.43. The zero-order valence-electron chi connectivity index (χ0n) is 20.1. The Morgan fingerprint density at radius 3 is 2.69 bits per heavy atom. The number of ether oxygens (including phenoxy) is 1. The lowest BCUT2D eigenvalue weighted by atomic mass is 9.81. The van der Waals surface area contributed by atoms with Crippen LogP contribution in [-0.2, 0) is 23.4 Å². The van der Waals surface area contributed by atoms with Crippen molar-refractivity contribution in [3.63, 3.8) is 0 Å². The van der Waals surface area contributed by atoms with Crippen LogP contribution in [0.2, 0.25) is 0 Å². The van der Waals surface area contributed by atoms with Gasteiger partial charge in [0.1, 0.15) is 11.4 Å². The number of H-pyrrole nitrogens is 1. The fraction of sp³-hybridized carbons (Fsp3) is 0.300. The molecule has 5 rings (SSSR count). The lowest BCUT2D eigenvalue weighted by Crippen LogP contribution is -2.29. The standard InChI is InChI=1S/C30H30FN3O/c1-34(16-4-6-23-20-33-29-8-3-2-7-27(23)29)17-5-15-30(25-10-12-26(31)13-11-25)28-14-9-22(19-32)18-24(28)21-35-30/h2-3,7-14,18,20,33H,4-6,15-17,21H2,1H3/t30-/m0/s1. The molecule has 0 saturated heterocycles. The second-order valence-corrected chi connectivity index (χ2v) is 9.48. The van der Waals surface area contributed by atoms with Crippen LogP contribution in [0, 0.1) is 17.1 Å². The molecule has 0 unspecified atom stereocenters. The number of nitrogens with zero attached hydrogens (tertiary/aromatic N) is 2. The molecule has 4 aromatic rings. The van der Waals surface area contributed by atoms with E-state index >= 15 is 0 Å². The molecule has 1 atom stereocenters. The summed E-state index contributed by atoms with van der Waals surface area (Å²) in [5, 5.41) is 10.6. The number of halogens is 1. The molecular formula is C30H30FN3O. The van der Waals surface area contributed by atoms with Crippen LogP contribution in [-0.4, -0.2) is 30.0 Å². The van der Waals surface area contributed by atoms with Crippen LogP contribution < -0.4 is 0 Å². The summed E-state index contributed by atoms with van der Waals surface area (Å²) < 4.78 is 20.1. The van der Waals surface area contributed by atoms with E-state index in [2.05, 4.69) is 53.5 Å². The van der Waals surface area contributed by atoms with E-state index in [1.54, 1.807) is 0 Å². The highest BCUT2D eigenvalue weighted by molar-refractivity contribution is 5.83. The van der Waals surface area contributed by atoms with Crippen LogP contribution in [0.4, 0.5) is 4.39 Å². The molecule has 35 heavy (non-hydrogen) atoms. The number of aromatic nitrogens is 1. The summed E-state index contributed by atoms with van der Waals surface area (Å²) in [6, 6.07) is 23.1. The van der Waals surface area contributed by atoms with E-state index in [4.69, 9.17) is 4.74 Å². The smallest absolute Gasteiger partial charge is 0.123 e. The minimum absolute atomic E-state index is 0.253. The van der Waals surface area contributed by atoms with Gasteiger partial charge >= 0.3 is 0 Å². The van der Waals surface area contributed by atoms with Gasteiger partial charge < -0.3 is 14.6 Å². The van der Waals surface area contributed by atoms with Crippen molar-refractivity contribution in [2.45, 2.75) is 37.9 Å². The fourth-order valence-electron chi connectivity index (χ4n) is 5.35. The zero-order chi connectivity index (χ0) is 24.3. The first kappa shape index (κ1) is 23.3. The van der Waals surface area contributed by atoms with Gasteiger partial charge in [0, 0.05) is 17.1 Å². The van der Waals surface area contributed by atoms with Gasteiger partial charge in [-0.3, -0.25) is 0 Å². The maximum Gasteiger partial charge on any atom is 0.123 e. The number of fused-ring (bicyclic) bond motifs is 2. The van der Waals surface area contributed by atoms with E-state index < -0.39 is 5.60 Å². The molecule has 178 valence electrons. The topological polar surface area (TPSA) is 52.0 Å². The van der Waals surface area contributed by atoms with Crippen LogP contribution in [0.25, 0.3) is 10.9 Å². The maximum absolute atomic E-state index is 13.7. The molecule has 3 aromatic carbocycles. The first-order valence-electron chi connectivity index (χ1n) is 12.3. The Bertz CT molecular complexity index is 1350. The molecule has 1 aliphatic rings. The summed E-state index contributed by atoms with van der Waals surface area (Å²) in [7, 11) is 2.17. The van der Waals surface area contributed by atoms with Crippen molar-refractivity contribution >= 4 is 10.9 Å². The normalized spacial score (nSPS) is 17.1. The number of para-hydroxylation sites is 1. The molecule has 1 aromatic heterocycles. The molecule has 0 bridgehead atoms. The van der Waals surface area contributed by atoms with Gasteiger partial charge in [0.25, 0.3) is 0 Å². The van der Waals surface area contributed by atoms with Crippen molar-refractivity contribution in [1.29, 1.82) is 5.26 Å². The van der Waals surface area contributed by atoms with Crippen molar-refractivity contribution in [1.82, 2.24) is 9.88 Å². The van der Waals surface area contributed by atoms with E-state index in [9.17, 15) is 9.65 Å².